The van der Waals surface area contributed by atoms with E-state index in [9.17, 15) is 22.8 Å². The van der Waals surface area contributed by atoms with Crippen LogP contribution >= 0.6 is 0 Å². The molecule has 9 heteroatoms. The van der Waals surface area contributed by atoms with E-state index in [4.69, 9.17) is 0 Å². The van der Waals surface area contributed by atoms with Crippen LogP contribution in [0.25, 0.3) is 0 Å². The highest BCUT2D eigenvalue weighted by atomic mass is 19.4. The van der Waals surface area contributed by atoms with Crippen molar-refractivity contribution in [3.05, 3.63) is 23.8 Å². The van der Waals surface area contributed by atoms with E-state index in [-0.39, 0.29) is 24.0 Å². The summed E-state index contributed by atoms with van der Waals surface area (Å²) in [5, 5.41) is 2.68. The van der Waals surface area contributed by atoms with Crippen molar-refractivity contribution in [3.8, 4) is 0 Å². The molecule has 0 saturated carbocycles. The molecule has 2 heterocycles. The van der Waals surface area contributed by atoms with E-state index in [0.717, 1.165) is 38.1 Å². The van der Waals surface area contributed by atoms with Crippen molar-refractivity contribution in [1.29, 1.82) is 0 Å². The van der Waals surface area contributed by atoms with Crippen LogP contribution in [0, 0.1) is 0 Å². The quantitative estimate of drug-likeness (QED) is 0.846. The monoisotopic (exact) mass is 398 g/mol. The Hall–Kier alpha value is -2.29. The van der Waals surface area contributed by atoms with Gasteiger partial charge in [-0.2, -0.15) is 13.2 Å². The van der Waals surface area contributed by atoms with Crippen LogP contribution in [-0.2, 0) is 15.8 Å². The van der Waals surface area contributed by atoms with Crippen molar-refractivity contribution in [2.45, 2.75) is 25.9 Å². The summed E-state index contributed by atoms with van der Waals surface area (Å²) in [7, 11) is 0. The highest BCUT2D eigenvalue weighted by molar-refractivity contribution is 5.96. The van der Waals surface area contributed by atoms with Crippen LogP contribution in [0.2, 0.25) is 0 Å². The molecule has 2 aliphatic heterocycles. The zero-order chi connectivity index (χ0) is 20.3. The first kappa shape index (κ1) is 20.4. The molecule has 0 bridgehead atoms. The van der Waals surface area contributed by atoms with Crippen molar-refractivity contribution in [2.75, 3.05) is 56.0 Å². The fraction of sp³-hybridized carbons (Fsp3) is 0.579. The summed E-state index contributed by atoms with van der Waals surface area (Å²) in [5.41, 5.74) is 0.0464. The zero-order valence-corrected chi connectivity index (χ0v) is 15.9. The Labute approximate surface area is 162 Å². The van der Waals surface area contributed by atoms with Gasteiger partial charge in [0, 0.05) is 46.2 Å². The maximum Gasteiger partial charge on any atom is 0.416 e. The molecule has 154 valence electrons. The molecular formula is C19H25F3N4O2. The first-order valence-corrected chi connectivity index (χ1v) is 9.48. The van der Waals surface area contributed by atoms with E-state index < -0.39 is 11.7 Å². The van der Waals surface area contributed by atoms with Crippen molar-refractivity contribution >= 4 is 23.2 Å². The molecule has 2 amide bonds. The van der Waals surface area contributed by atoms with Gasteiger partial charge in [0.2, 0.25) is 11.8 Å². The Morgan fingerprint density at radius 3 is 2.25 bits per heavy atom. The minimum atomic E-state index is -4.47. The third-order valence-electron chi connectivity index (χ3n) is 5.23. The van der Waals surface area contributed by atoms with Crippen molar-refractivity contribution in [1.82, 2.24) is 9.80 Å². The maximum absolute atomic E-state index is 13.1. The molecule has 0 unspecified atom stereocenters. The number of anilines is 2. The third kappa shape index (κ3) is 4.95. The molecule has 2 fully saturated rings. The van der Waals surface area contributed by atoms with Crippen LogP contribution < -0.4 is 10.2 Å². The number of hydrogen-bond acceptors (Lipinski definition) is 4. The number of nitrogens with one attached hydrogen (secondary N) is 1. The Balaban J connectivity index is 1.69. The molecule has 2 saturated heterocycles. The summed E-state index contributed by atoms with van der Waals surface area (Å²) >= 11 is 0. The molecule has 0 aliphatic carbocycles. The van der Waals surface area contributed by atoms with Gasteiger partial charge in [0.25, 0.3) is 0 Å². The van der Waals surface area contributed by atoms with E-state index in [2.05, 4.69) is 5.32 Å². The lowest BCUT2D eigenvalue weighted by Gasteiger charge is -2.33. The minimum absolute atomic E-state index is 0.00308. The Bertz CT molecular complexity index is 724. The van der Waals surface area contributed by atoms with Crippen LogP contribution in [0.5, 0.6) is 0 Å². The van der Waals surface area contributed by atoms with Crippen LogP contribution in [0.15, 0.2) is 18.2 Å². The Kier molecular flexibility index (Phi) is 6.12. The van der Waals surface area contributed by atoms with Gasteiger partial charge in [-0.05, 0) is 31.0 Å². The van der Waals surface area contributed by atoms with Crippen LogP contribution in [0.4, 0.5) is 24.5 Å². The normalized spacial score (nSPS) is 18.4. The highest BCUT2D eigenvalue weighted by Crippen LogP contribution is 2.36. The second-order valence-corrected chi connectivity index (χ2v) is 7.25. The summed E-state index contributed by atoms with van der Waals surface area (Å²) in [4.78, 5) is 29.5. The minimum Gasteiger partial charge on any atom is -0.370 e. The molecule has 1 aromatic rings. The number of carbonyl (C=O) groups excluding carboxylic acids is 2. The maximum atomic E-state index is 13.1. The number of carbonyl (C=O) groups is 2. The van der Waals surface area contributed by atoms with Gasteiger partial charge in [-0.25, -0.2) is 0 Å². The smallest absolute Gasteiger partial charge is 0.370 e. The molecule has 6 nitrogen and oxygen atoms in total. The SMILES string of the molecule is CC(=O)N1CCN(CC(=O)Nc2cc(C(F)(F)F)ccc2N2CCCC2)CC1. The van der Waals surface area contributed by atoms with E-state index in [1.807, 2.05) is 9.80 Å². The third-order valence-corrected chi connectivity index (χ3v) is 5.23. The van der Waals surface area contributed by atoms with E-state index in [0.29, 0.717) is 31.9 Å². The molecule has 3 rings (SSSR count). The predicted molar refractivity (Wildman–Crippen MR) is 100 cm³/mol. The number of hydrogen-bond donors (Lipinski definition) is 1. The van der Waals surface area contributed by atoms with Gasteiger partial charge < -0.3 is 15.1 Å². The van der Waals surface area contributed by atoms with E-state index in [1.165, 1.54) is 13.0 Å². The fourth-order valence-corrected chi connectivity index (χ4v) is 3.66. The zero-order valence-electron chi connectivity index (χ0n) is 15.9. The number of rotatable bonds is 4. The topological polar surface area (TPSA) is 55.9 Å². The molecule has 1 N–H and O–H groups in total. The Morgan fingerprint density at radius 1 is 1.04 bits per heavy atom. The van der Waals surface area contributed by atoms with Gasteiger partial charge in [-0.1, -0.05) is 0 Å². The summed E-state index contributed by atoms with van der Waals surface area (Å²) < 4.78 is 39.4. The Morgan fingerprint density at radius 2 is 1.68 bits per heavy atom. The number of halogens is 3. The highest BCUT2D eigenvalue weighted by Gasteiger charge is 2.32. The summed E-state index contributed by atoms with van der Waals surface area (Å²) in [5.74, 6) is -0.348. The summed E-state index contributed by atoms with van der Waals surface area (Å²) in [6.45, 7) is 5.35. The predicted octanol–water partition coefficient (Wildman–Crippen LogP) is 2.41. The fourth-order valence-electron chi connectivity index (χ4n) is 3.66. The van der Waals surface area contributed by atoms with Gasteiger partial charge in [0.05, 0.1) is 23.5 Å². The van der Waals surface area contributed by atoms with E-state index >= 15 is 0 Å². The molecule has 1 aromatic carbocycles. The van der Waals surface area contributed by atoms with Gasteiger partial charge in [0.1, 0.15) is 0 Å². The molecule has 0 atom stereocenters. The molecule has 0 aromatic heterocycles. The number of nitrogens with zero attached hydrogens (tertiary/aromatic N) is 3. The largest absolute Gasteiger partial charge is 0.416 e. The first-order chi connectivity index (χ1) is 13.2. The van der Waals surface area contributed by atoms with Gasteiger partial charge in [-0.15, -0.1) is 0 Å². The second kappa shape index (κ2) is 8.38. The van der Waals surface area contributed by atoms with Crippen LogP contribution in [-0.4, -0.2) is 67.4 Å². The van der Waals surface area contributed by atoms with Crippen LogP contribution in [0.1, 0.15) is 25.3 Å². The van der Waals surface area contributed by atoms with Crippen molar-refractivity contribution < 1.29 is 22.8 Å². The lowest BCUT2D eigenvalue weighted by Crippen LogP contribution is -2.49. The standard InChI is InChI=1S/C19H25F3N4O2/c1-14(27)25-10-8-24(9-11-25)13-18(28)23-16-12-15(19(20,21)22)4-5-17(16)26-6-2-3-7-26/h4-5,12H,2-3,6-11,13H2,1H3,(H,23,28). The van der Waals surface area contributed by atoms with Gasteiger partial charge >= 0.3 is 6.18 Å². The van der Waals surface area contributed by atoms with Crippen LogP contribution in [0.3, 0.4) is 0 Å². The average molecular weight is 398 g/mol. The lowest BCUT2D eigenvalue weighted by molar-refractivity contribution is -0.137. The van der Waals surface area contributed by atoms with E-state index in [1.54, 1.807) is 4.90 Å². The lowest BCUT2D eigenvalue weighted by atomic mass is 10.1. The molecule has 28 heavy (non-hydrogen) atoms. The first-order valence-electron chi connectivity index (χ1n) is 9.48. The molecule has 2 aliphatic rings. The summed E-state index contributed by atoms with van der Waals surface area (Å²) in [6, 6.07) is 3.51. The van der Waals surface area contributed by atoms with Gasteiger partial charge in [0.15, 0.2) is 0 Å². The second-order valence-electron chi connectivity index (χ2n) is 7.25. The van der Waals surface area contributed by atoms with Crippen molar-refractivity contribution in [2.24, 2.45) is 0 Å². The number of benzene rings is 1. The number of amides is 2. The molecular weight excluding hydrogens is 373 g/mol. The molecule has 0 spiro atoms. The molecule has 0 radical (unpaired) electrons. The summed E-state index contributed by atoms with van der Waals surface area (Å²) in [6.07, 6.45) is -2.50. The number of alkyl halides is 3. The van der Waals surface area contributed by atoms with Gasteiger partial charge in [-0.3, -0.25) is 14.5 Å². The van der Waals surface area contributed by atoms with Crippen molar-refractivity contribution in [3.63, 3.8) is 0 Å². The average Bonchev–Trinajstić information content (AvgIpc) is 3.15. The number of piperazine rings is 1.